The molecule has 0 bridgehead atoms. The normalized spacial score (nSPS) is 28.1. The van der Waals surface area contributed by atoms with Crippen LogP contribution in [0.4, 0.5) is 0 Å². The standard InChI is InChI=1S/C25H38O5/c1-19(17-28-18-20-8-4-3-5-9-20)14-21-10-6-11-22(29-21)15-23-12-7-13-24(30-23)16-25(26)27-2/h3-5,8-9,19,21-24H,6-7,10-18H2,1-2H3/t19-,21-,22+,23-,24+/m0/s1. The number of ether oxygens (including phenoxy) is 4. The predicted octanol–water partition coefficient (Wildman–Crippen LogP) is 5.06. The van der Waals surface area contributed by atoms with Gasteiger partial charge in [0.15, 0.2) is 0 Å². The van der Waals surface area contributed by atoms with Crippen LogP contribution in [0.5, 0.6) is 0 Å². The molecule has 0 amide bonds. The molecule has 5 atom stereocenters. The van der Waals surface area contributed by atoms with Crippen molar-refractivity contribution in [3.8, 4) is 0 Å². The zero-order valence-electron chi connectivity index (χ0n) is 18.6. The first-order valence-corrected chi connectivity index (χ1v) is 11.6. The first-order chi connectivity index (χ1) is 14.6. The Kier molecular flexibility index (Phi) is 9.63. The minimum Gasteiger partial charge on any atom is -0.469 e. The summed E-state index contributed by atoms with van der Waals surface area (Å²) >= 11 is 0. The van der Waals surface area contributed by atoms with E-state index in [1.54, 1.807) is 0 Å². The lowest BCUT2D eigenvalue weighted by Gasteiger charge is -2.36. The van der Waals surface area contributed by atoms with Gasteiger partial charge in [0.2, 0.25) is 0 Å². The lowest BCUT2D eigenvalue weighted by atomic mass is 9.92. The van der Waals surface area contributed by atoms with Gasteiger partial charge in [-0.25, -0.2) is 0 Å². The largest absolute Gasteiger partial charge is 0.469 e. The monoisotopic (exact) mass is 418 g/mol. The van der Waals surface area contributed by atoms with E-state index in [2.05, 4.69) is 19.1 Å². The summed E-state index contributed by atoms with van der Waals surface area (Å²) < 4.78 is 23.3. The molecular weight excluding hydrogens is 380 g/mol. The van der Waals surface area contributed by atoms with E-state index in [0.29, 0.717) is 25.0 Å². The van der Waals surface area contributed by atoms with Crippen molar-refractivity contribution < 1.29 is 23.7 Å². The molecule has 5 heteroatoms. The fourth-order valence-electron chi connectivity index (χ4n) is 4.66. The summed E-state index contributed by atoms with van der Waals surface area (Å²) in [6, 6.07) is 10.3. The molecule has 1 aromatic carbocycles. The lowest BCUT2D eigenvalue weighted by Crippen LogP contribution is -2.36. The van der Waals surface area contributed by atoms with Gasteiger partial charge in [0.1, 0.15) is 0 Å². The van der Waals surface area contributed by atoms with Crippen LogP contribution >= 0.6 is 0 Å². The van der Waals surface area contributed by atoms with Crippen LogP contribution in [0.3, 0.4) is 0 Å². The van der Waals surface area contributed by atoms with Crippen LogP contribution < -0.4 is 0 Å². The average Bonchev–Trinajstić information content (AvgIpc) is 2.75. The van der Waals surface area contributed by atoms with Crippen molar-refractivity contribution in [2.24, 2.45) is 5.92 Å². The third-order valence-electron chi connectivity index (χ3n) is 6.20. The van der Waals surface area contributed by atoms with Crippen molar-refractivity contribution in [1.82, 2.24) is 0 Å². The topological polar surface area (TPSA) is 54.0 Å². The van der Waals surface area contributed by atoms with Gasteiger partial charge in [0.25, 0.3) is 0 Å². The third-order valence-corrected chi connectivity index (χ3v) is 6.20. The van der Waals surface area contributed by atoms with Crippen LogP contribution in [0.15, 0.2) is 30.3 Å². The van der Waals surface area contributed by atoms with Crippen molar-refractivity contribution in [2.75, 3.05) is 13.7 Å². The number of methoxy groups -OCH3 is 1. The molecule has 0 unspecified atom stereocenters. The van der Waals surface area contributed by atoms with Crippen LogP contribution in [0.1, 0.15) is 70.3 Å². The van der Waals surface area contributed by atoms with E-state index < -0.39 is 0 Å². The summed E-state index contributed by atoms with van der Waals surface area (Å²) in [5, 5.41) is 0. The van der Waals surface area contributed by atoms with Gasteiger partial charge < -0.3 is 18.9 Å². The summed E-state index contributed by atoms with van der Waals surface area (Å²) in [6.45, 7) is 3.69. The van der Waals surface area contributed by atoms with Gasteiger partial charge in [-0.05, 0) is 62.8 Å². The number of carbonyl (C=O) groups is 1. The predicted molar refractivity (Wildman–Crippen MR) is 116 cm³/mol. The molecule has 168 valence electrons. The Hall–Kier alpha value is -1.43. The minimum atomic E-state index is -0.182. The first kappa shape index (κ1) is 23.2. The quantitative estimate of drug-likeness (QED) is 0.497. The van der Waals surface area contributed by atoms with Crippen molar-refractivity contribution in [3.05, 3.63) is 35.9 Å². The highest BCUT2D eigenvalue weighted by Gasteiger charge is 2.30. The molecule has 2 aliphatic heterocycles. The highest BCUT2D eigenvalue weighted by atomic mass is 16.5. The number of hydrogen-bond donors (Lipinski definition) is 0. The summed E-state index contributed by atoms with van der Waals surface area (Å²) in [7, 11) is 1.44. The number of esters is 1. The Morgan fingerprint density at radius 1 is 1.00 bits per heavy atom. The number of rotatable bonds is 10. The third kappa shape index (κ3) is 8.01. The highest BCUT2D eigenvalue weighted by molar-refractivity contribution is 5.69. The maximum atomic E-state index is 11.5. The molecule has 2 saturated heterocycles. The Morgan fingerprint density at radius 2 is 1.63 bits per heavy atom. The van der Waals surface area contributed by atoms with Crippen molar-refractivity contribution in [2.45, 2.75) is 95.7 Å². The smallest absolute Gasteiger partial charge is 0.308 e. The number of hydrogen-bond acceptors (Lipinski definition) is 5. The van der Waals surface area contributed by atoms with Gasteiger partial charge in [0.05, 0.1) is 44.6 Å². The zero-order valence-corrected chi connectivity index (χ0v) is 18.6. The van der Waals surface area contributed by atoms with Gasteiger partial charge in [-0.1, -0.05) is 37.3 Å². The van der Waals surface area contributed by atoms with E-state index >= 15 is 0 Å². The molecule has 1 aromatic rings. The van der Waals surface area contributed by atoms with Gasteiger partial charge in [0, 0.05) is 6.61 Å². The van der Waals surface area contributed by atoms with Gasteiger partial charge in [-0.3, -0.25) is 4.79 Å². The van der Waals surface area contributed by atoms with E-state index in [-0.39, 0.29) is 24.3 Å². The van der Waals surface area contributed by atoms with E-state index in [1.165, 1.54) is 19.1 Å². The second kappa shape index (κ2) is 12.4. The van der Waals surface area contributed by atoms with Crippen LogP contribution in [-0.2, 0) is 30.3 Å². The van der Waals surface area contributed by atoms with E-state index in [0.717, 1.165) is 51.6 Å². The van der Waals surface area contributed by atoms with E-state index in [1.807, 2.05) is 18.2 Å². The number of benzene rings is 1. The molecule has 0 aliphatic carbocycles. The molecule has 0 N–H and O–H groups in total. The lowest BCUT2D eigenvalue weighted by molar-refractivity contribution is -0.149. The summed E-state index contributed by atoms with van der Waals surface area (Å²) in [6.07, 6.45) is 9.69. The summed E-state index contributed by atoms with van der Waals surface area (Å²) in [5.74, 6) is 0.297. The molecule has 0 radical (unpaired) electrons. The molecule has 0 aromatic heterocycles. The molecule has 30 heavy (non-hydrogen) atoms. The minimum absolute atomic E-state index is 0.00243. The van der Waals surface area contributed by atoms with Crippen molar-refractivity contribution >= 4 is 5.97 Å². The van der Waals surface area contributed by atoms with Crippen LogP contribution in [0, 0.1) is 5.92 Å². The Balaban J connectivity index is 1.35. The maximum absolute atomic E-state index is 11.5. The van der Waals surface area contributed by atoms with Gasteiger partial charge in [-0.15, -0.1) is 0 Å². The molecular formula is C25H38O5. The first-order valence-electron chi connectivity index (χ1n) is 11.6. The summed E-state index contributed by atoms with van der Waals surface area (Å²) in [4.78, 5) is 11.5. The number of carbonyl (C=O) groups excluding carboxylic acids is 1. The highest BCUT2D eigenvalue weighted by Crippen LogP contribution is 2.30. The van der Waals surface area contributed by atoms with Gasteiger partial charge >= 0.3 is 5.97 Å². The maximum Gasteiger partial charge on any atom is 0.308 e. The Bertz CT molecular complexity index is 619. The van der Waals surface area contributed by atoms with E-state index in [9.17, 15) is 4.79 Å². The van der Waals surface area contributed by atoms with Gasteiger partial charge in [-0.2, -0.15) is 0 Å². The van der Waals surface area contributed by atoms with Crippen LogP contribution in [0.25, 0.3) is 0 Å². The second-order valence-corrected chi connectivity index (χ2v) is 8.98. The fourth-order valence-corrected chi connectivity index (χ4v) is 4.66. The molecule has 0 saturated carbocycles. The molecule has 2 aliphatic rings. The molecule has 2 fully saturated rings. The van der Waals surface area contributed by atoms with E-state index in [4.69, 9.17) is 18.9 Å². The average molecular weight is 419 g/mol. The molecule has 0 spiro atoms. The van der Waals surface area contributed by atoms with Crippen molar-refractivity contribution in [3.63, 3.8) is 0 Å². The van der Waals surface area contributed by atoms with Crippen LogP contribution in [-0.4, -0.2) is 44.1 Å². The second-order valence-electron chi connectivity index (χ2n) is 8.98. The Morgan fingerprint density at radius 3 is 2.33 bits per heavy atom. The molecule has 3 rings (SSSR count). The SMILES string of the molecule is COC(=O)C[C@H]1CCC[C@@H](C[C@H]2CCC[C@@H](C[C@H](C)COCc3ccccc3)O2)O1. The van der Waals surface area contributed by atoms with Crippen molar-refractivity contribution in [1.29, 1.82) is 0 Å². The zero-order chi connectivity index (χ0) is 21.2. The van der Waals surface area contributed by atoms with Crippen LogP contribution in [0.2, 0.25) is 0 Å². The molecule has 5 nitrogen and oxygen atoms in total. The fraction of sp³-hybridized carbons (Fsp3) is 0.720. The Labute approximate surface area is 181 Å². The summed E-state index contributed by atoms with van der Waals surface area (Å²) in [5.41, 5.74) is 1.22. The molecule has 2 heterocycles.